The Morgan fingerprint density at radius 3 is 2.42 bits per heavy atom. The number of piperidine rings is 1. The molecule has 228 valence electrons. The van der Waals surface area contributed by atoms with Crippen molar-refractivity contribution in [2.75, 3.05) is 32.0 Å². The Hall–Kier alpha value is -3.27. The fraction of sp³-hybridized carbons (Fsp3) is 0.344. The number of carbonyl (C=O) groups is 1. The zero-order valence-electron chi connectivity index (χ0n) is 23.5. The number of anilines is 1. The average molecular weight is 637 g/mol. The highest BCUT2D eigenvalue weighted by atomic mass is 35.5. The van der Waals surface area contributed by atoms with Crippen LogP contribution in [-0.4, -0.2) is 42.4 Å². The molecule has 0 aliphatic carbocycles. The van der Waals surface area contributed by atoms with Gasteiger partial charge in [0.05, 0.1) is 21.5 Å². The van der Waals surface area contributed by atoms with Crippen LogP contribution in [0.2, 0.25) is 10.0 Å². The summed E-state index contributed by atoms with van der Waals surface area (Å²) in [6.07, 6.45) is -2.73. The van der Waals surface area contributed by atoms with Crippen LogP contribution in [0.1, 0.15) is 47.4 Å². The van der Waals surface area contributed by atoms with Crippen molar-refractivity contribution in [1.82, 2.24) is 9.80 Å². The first kappa shape index (κ1) is 31.2. The van der Waals surface area contributed by atoms with E-state index in [9.17, 15) is 22.4 Å². The molecular weight excluding hydrogens is 605 g/mol. The number of carbonyl (C=O) groups excluding carboxylic acids is 1. The second-order valence-corrected chi connectivity index (χ2v) is 11.9. The highest BCUT2D eigenvalue weighted by Crippen LogP contribution is 2.45. The van der Waals surface area contributed by atoms with Crippen molar-refractivity contribution in [2.24, 2.45) is 0 Å². The van der Waals surface area contributed by atoms with Crippen molar-refractivity contribution in [3.63, 3.8) is 0 Å². The van der Waals surface area contributed by atoms with E-state index in [-0.39, 0.29) is 18.3 Å². The maximum atomic E-state index is 14.2. The van der Waals surface area contributed by atoms with Gasteiger partial charge in [0.1, 0.15) is 11.4 Å². The molecular formula is C32H31Cl2F4N3O2. The lowest BCUT2D eigenvalue weighted by molar-refractivity contribution is -0.137. The van der Waals surface area contributed by atoms with Crippen LogP contribution in [0.4, 0.5) is 23.2 Å². The zero-order chi connectivity index (χ0) is 30.9. The third-order valence-corrected chi connectivity index (χ3v) is 8.92. The Bertz CT molecular complexity index is 1510. The standard InChI is InChI=1S/C32H31Cl2F4N3O2/c1-20-39-29-10-8-24(35)18-26(29)31(43-20)12-15-41(16-13-31)14-11-25(22-5-9-27(33)28(34)17-22)30(42)40(2)19-21-3-6-23(7-4-21)32(36,37)38/h3-10,17-18,25,39H,1,11-16,19H2,2H3. The molecule has 5 nitrogen and oxygen atoms in total. The number of likely N-dealkylation sites (N-methyl/N-ethyl adjacent to an activating group) is 1. The fourth-order valence-electron chi connectivity index (χ4n) is 5.87. The van der Waals surface area contributed by atoms with Crippen LogP contribution in [-0.2, 0) is 27.9 Å². The molecule has 43 heavy (non-hydrogen) atoms. The van der Waals surface area contributed by atoms with Crippen molar-refractivity contribution in [3.8, 4) is 0 Å². The first-order valence-electron chi connectivity index (χ1n) is 13.9. The summed E-state index contributed by atoms with van der Waals surface area (Å²) in [5.74, 6) is -0.653. The molecule has 5 rings (SSSR count). The molecule has 11 heteroatoms. The smallest absolute Gasteiger partial charge is 0.416 e. The molecule has 3 aromatic rings. The van der Waals surface area contributed by atoms with Crippen molar-refractivity contribution in [3.05, 3.63) is 111 Å². The molecule has 2 aliphatic heterocycles. The van der Waals surface area contributed by atoms with E-state index in [1.807, 2.05) is 0 Å². The van der Waals surface area contributed by atoms with Crippen LogP contribution in [0.5, 0.6) is 0 Å². The number of nitrogens with zero attached hydrogens (tertiary/aromatic N) is 2. The van der Waals surface area contributed by atoms with Gasteiger partial charge >= 0.3 is 6.18 Å². The Kier molecular flexibility index (Phi) is 8.97. The van der Waals surface area contributed by atoms with E-state index < -0.39 is 23.3 Å². The quantitative estimate of drug-likeness (QED) is 0.266. The number of nitrogens with one attached hydrogen (secondary N) is 1. The Labute approximate surface area is 258 Å². The lowest BCUT2D eigenvalue weighted by atomic mass is 9.82. The number of alkyl halides is 3. The van der Waals surface area contributed by atoms with E-state index in [1.165, 1.54) is 29.2 Å². The Morgan fingerprint density at radius 2 is 1.77 bits per heavy atom. The lowest BCUT2D eigenvalue weighted by Gasteiger charge is -2.46. The summed E-state index contributed by atoms with van der Waals surface area (Å²) in [7, 11) is 1.63. The second kappa shape index (κ2) is 12.4. The topological polar surface area (TPSA) is 44.8 Å². The Morgan fingerprint density at radius 1 is 1.07 bits per heavy atom. The summed E-state index contributed by atoms with van der Waals surface area (Å²) in [5.41, 5.74) is 1.42. The van der Waals surface area contributed by atoms with Crippen LogP contribution in [0.15, 0.2) is 73.1 Å². The van der Waals surface area contributed by atoms with Gasteiger partial charge in [-0.1, -0.05) is 41.4 Å². The van der Waals surface area contributed by atoms with Crippen LogP contribution in [0.25, 0.3) is 0 Å². The van der Waals surface area contributed by atoms with E-state index in [0.717, 1.165) is 23.4 Å². The predicted molar refractivity (Wildman–Crippen MR) is 159 cm³/mol. The van der Waals surface area contributed by atoms with Gasteiger partial charge in [0, 0.05) is 50.8 Å². The number of amides is 1. The lowest BCUT2D eigenvalue weighted by Crippen LogP contribution is -2.47. The number of fused-ring (bicyclic) bond motifs is 2. The van der Waals surface area contributed by atoms with Crippen molar-refractivity contribution < 1.29 is 27.1 Å². The summed E-state index contributed by atoms with van der Waals surface area (Å²) in [5, 5.41) is 3.78. The van der Waals surface area contributed by atoms with E-state index in [2.05, 4.69) is 16.8 Å². The molecule has 1 unspecified atom stereocenters. The monoisotopic (exact) mass is 635 g/mol. The molecule has 0 radical (unpaired) electrons. The zero-order valence-corrected chi connectivity index (χ0v) is 25.0. The van der Waals surface area contributed by atoms with E-state index in [1.54, 1.807) is 31.3 Å². The summed E-state index contributed by atoms with van der Waals surface area (Å²) < 4.78 is 59.3. The maximum Gasteiger partial charge on any atom is 0.416 e. The van der Waals surface area contributed by atoms with Crippen LogP contribution in [0.3, 0.4) is 0 Å². The number of benzene rings is 3. The number of rotatable bonds is 7. The summed E-state index contributed by atoms with van der Waals surface area (Å²) in [6, 6.07) is 14.5. The van der Waals surface area contributed by atoms with Gasteiger partial charge in [0.15, 0.2) is 5.88 Å². The van der Waals surface area contributed by atoms with Crippen LogP contribution >= 0.6 is 23.2 Å². The normalized spacial score (nSPS) is 17.1. The van der Waals surface area contributed by atoms with Crippen molar-refractivity contribution in [1.29, 1.82) is 0 Å². The van der Waals surface area contributed by atoms with Crippen molar-refractivity contribution in [2.45, 2.75) is 43.5 Å². The number of hydrogen-bond acceptors (Lipinski definition) is 4. The van der Waals surface area contributed by atoms with E-state index in [4.69, 9.17) is 27.9 Å². The van der Waals surface area contributed by atoms with Gasteiger partial charge in [-0.3, -0.25) is 4.79 Å². The molecule has 1 atom stereocenters. The number of hydrogen-bond donors (Lipinski definition) is 1. The van der Waals surface area contributed by atoms with E-state index >= 15 is 0 Å². The molecule has 2 heterocycles. The average Bonchev–Trinajstić information content (AvgIpc) is 2.96. The minimum absolute atomic E-state index is 0.145. The minimum Gasteiger partial charge on any atom is -0.468 e. The first-order valence-corrected chi connectivity index (χ1v) is 14.6. The Balaban J connectivity index is 1.28. The number of likely N-dealkylation sites (tertiary alicyclic amines) is 1. The predicted octanol–water partition coefficient (Wildman–Crippen LogP) is 8.19. The van der Waals surface area contributed by atoms with Crippen LogP contribution in [0, 0.1) is 5.82 Å². The molecule has 1 fully saturated rings. The molecule has 2 aliphatic rings. The highest BCUT2D eigenvalue weighted by molar-refractivity contribution is 6.42. The summed E-state index contributed by atoms with van der Waals surface area (Å²) in [6.45, 7) is 6.00. The third-order valence-electron chi connectivity index (χ3n) is 8.18. The SMILES string of the molecule is C=C1Nc2ccc(F)cc2C2(CCN(CCC(C(=O)N(C)Cc3ccc(C(F)(F)F)cc3)c3ccc(Cl)c(Cl)c3)CC2)O1. The molecule has 1 amide bonds. The number of halogens is 6. The first-order chi connectivity index (χ1) is 20.3. The van der Waals surface area contributed by atoms with Gasteiger partial charge in [-0.2, -0.15) is 13.2 Å². The summed E-state index contributed by atoms with van der Waals surface area (Å²) in [4.78, 5) is 17.5. The van der Waals surface area contributed by atoms with E-state index in [0.29, 0.717) is 66.0 Å². The summed E-state index contributed by atoms with van der Waals surface area (Å²) >= 11 is 12.5. The molecule has 1 spiro atoms. The molecule has 0 bridgehead atoms. The second-order valence-electron chi connectivity index (χ2n) is 11.1. The van der Waals surface area contributed by atoms with Gasteiger partial charge in [-0.25, -0.2) is 4.39 Å². The fourth-order valence-corrected chi connectivity index (χ4v) is 6.18. The third kappa shape index (κ3) is 6.95. The molecule has 1 N–H and O–H groups in total. The molecule has 3 aromatic carbocycles. The largest absolute Gasteiger partial charge is 0.468 e. The molecule has 0 aromatic heterocycles. The van der Waals surface area contributed by atoms with Gasteiger partial charge in [-0.15, -0.1) is 0 Å². The molecule has 0 saturated carbocycles. The van der Waals surface area contributed by atoms with Gasteiger partial charge in [-0.05, 0) is 73.1 Å². The van der Waals surface area contributed by atoms with Gasteiger partial charge in [0.2, 0.25) is 5.91 Å². The van der Waals surface area contributed by atoms with Crippen molar-refractivity contribution >= 4 is 34.8 Å². The number of ether oxygens (including phenoxy) is 1. The van der Waals surface area contributed by atoms with Gasteiger partial charge in [0.25, 0.3) is 0 Å². The molecule has 1 saturated heterocycles. The highest BCUT2D eigenvalue weighted by Gasteiger charge is 2.43. The minimum atomic E-state index is -4.43. The van der Waals surface area contributed by atoms with Gasteiger partial charge < -0.3 is 19.9 Å². The maximum absolute atomic E-state index is 14.2. The van der Waals surface area contributed by atoms with Crippen LogP contribution < -0.4 is 5.32 Å².